The van der Waals surface area contributed by atoms with Crippen LogP contribution in [0.3, 0.4) is 0 Å². The molecule has 1 aromatic heterocycles. The summed E-state index contributed by atoms with van der Waals surface area (Å²) in [5.74, 6) is 0. The Kier molecular flexibility index (Phi) is 3.15. The number of aromatic nitrogens is 2. The zero-order chi connectivity index (χ0) is 11.4. The van der Waals surface area contributed by atoms with Crippen molar-refractivity contribution in [1.29, 1.82) is 0 Å². The van der Waals surface area contributed by atoms with E-state index in [1.54, 1.807) is 12.5 Å². The molecule has 0 saturated heterocycles. The first-order valence-electron chi connectivity index (χ1n) is 5.32. The van der Waals surface area contributed by atoms with Gasteiger partial charge >= 0.3 is 0 Å². The van der Waals surface area contributed by atoms with E-state index in [1.807, 2.05) is 6.07 Å². The van der Waals surface area contributed by atoms with Gasteiger partial charge in [0.2, 0.25) is 0 Å². The molecule has 0 radical (unpaired) electrons. The molecule has 2 aromatic rings. The first kappa shape index (κ1) is 10.6. The second-order valence-corrected chi connectivity index (χ2v) is 3.80. The first-order valence-corrected chi connectivity index (χ1v) is 5.32. The summed E-state index contributed by atoms with van der Waals surface area (Å²) in [5.41, 5.74) is 4.75. The van der Waals surface area contributed by atoms with Gasteiger partial charge in [-0.15, -0.1) is 0 Å². The second kappa shape index (κ2) is 4.75. The number of benzene rings is 1. The van der Waals surface area contributed by atoms with Crippen molar-refractivity contribution in [3.05, 3.63) is 53.6 Å². The van der Waals surface area contributed by atoms with Gasteiger partial charge in [-0.3, -0.25) is 0 Å². The van der Waals surface area contributed by atoms with Crippen LogP contribution in [0.1, 0.15) is 16.8 Å². The van der Waals surface area contributed by atoms with Gasteiger partial charge in [-0.05, 0) is 37.1 Å². The van der Waals surface area contributed by atoms with Crippen LogP contribution in [-0.2, 0) is 6.54 Å². The molecular weight excluding hydrogens is 198 g/mol. The topological polar surface area (TPSA) is 37.8 Å². The molecule has 2 rings (SSSR count). The molecule has 0 atom stereocenters. The third-order valence-electron chi connectivity index (χ3n) is 2.71. The summed E-state index contributed by atoms with van der Waals surface area (Å²) in [6.07, 6.45) is 3.33. The second-order valence-electron chi connectivity index (χ2n) is 3.80. The predicted molar refractivity (Wildman–Crippen MR) is 65.3 cm³/mol. The van der Waals surface area contributed by atoms with E-state index in [-0.39, 0.29) is 0 Å². The van der Waals surface area contributed by atoms with Crippen LogP contribution in [0.5, 0.6) is 0 Å². The minimum Gasteiger partial charge on any atom is -0.379 e. The fraction of sp³-hybridized carbons (Fsp3) is 0.231. The van der Waals surface area contributed by atoms with Crippen LogP contribution in [0, 0.1) is 13.8 Å². The van der Waals surface area contributed by atoms with Crippen LogP contribution in [-0.4, -0.2) is 9.97 Å². The highest BCUT2D eigenvalue weighted by atomic mass is 14.9. The molecule has 0 fully saturated rings. The van der Waals surface area contributed by atoms with E-state index in [2.05, 4.69) is 47.3 Å². The highest BCUT2D eigenvalue weighted by molar-refractivity contribution is 5.53. The Bertz CT molecular complexity index is 466. The van der Waals surface area contributed by atoms with Crippen LogP contribution in [0.4, 0.5) is 5.69 Å². The van der Waals surface area contributed by atoms with E-state index in [1.165, 1.54) is 16.8 Å². The van der Waals surface area contributed by atoms with Crippen molar-refractivity contribution < 1.29 is 0 Å². The minimum absolute atomic E-state index is 0.729. The van der Waals surface area contributed by atoms with Gasteiger partial charge in [0.05, 0.1) is 12.2 Å². The Labute approximate surface area is 95.6 Å². The van der Waals surface area contributed by atoms with Gasteiger partial charge in [0.1, 0.15) is 6.33 Å². The molecule has 0 aliphatic carbocycles. The fourth-order valence-electron chi connectivity index (χ4n) is 1.55. The summed E-state index contributed by atoms with van der Waals surface area (Å²) in [5, 5.41) is 3.38. The van der Waals surface area contributed by atoms with E-state index < -0.39 is 0 Å². The lowest BCUT2D eigenvalue weighted by Crippen LogP contribution is -2.03. The van der Waals surface area contributed by atoms with Crippen LogP contribution in [0.25, 0.3) is 0 Å². The van der Waals surface area contributed by atoms with Crippen LogP contribution in [0.2, 0.25) is 0 Å². The molecule has 1 heterocycles. The SMILES string of the molecule is Cc1cccc(NCc2ccncn2)c1C. The standard InChI is InChI=1S/C13H15N3/c1-10-4-3-5-13(11(10)2)15-8-12-6-7-14-9-16-12/h3-7,9,15H,8H2,1-2H3. The summed E-state index contributed by atoms with van der Waals surface area (Å²) in [4.78, 5) is 8.07. The summed E-state index contributed by atoms with van der Waals surface area (Å²) < 4.78 is 0. The molecule has 16 heavy (non-hydrogen) atoms. The lowest BCUT2D eigenvalue weighted by molar-refractivity contribution is 1.00. The van der Waals surface area contributed by atoms with E-state index in [9.17, 15) is 0 Å². The molecule has 0 aliphatic heterocycles. The molecule has 0 aliphatic rings. The average molecular weight is 213 g/mol. The zero-order valence-corrected chi connectivity index (χ0v) is 9.57. The summed E-state index contributed by atoms with van der Waals surface area (Å²) >= 11 is 0. The van der Waals surface area contributed by atoms with Crippen molar-refractivity contribution in [3.8, 4) is 0 Å². The third-order valence-corrected chi connectivity index (χ3v) is 2.71. The van der Waals surface area contributed by atoms with E-state index in [0.29, 0.717) is 0 Å². The molecule has 0 spiro atoms. The number of hydrogen-bond acceptors (Lipinski definition) is 3. The highest BCUT2D eigenvalue weighted by Gasteiger charge is 2.00. The van der Waals surface area contributed by atoms with Gasteiger partial charge in [-0.25, -0.2) is 9.97 Å². The Balaban J connectivity index is 2.08. The summed E-state index contributed by atoms with van der Waals surface area (Å²) in [6.45, 7) is 4.97. The summed E-state index contributed by atoms with van der Waals surface area (Å²) in [6, 6.07) is 8.18. The number of nitrogens with one attached hydrogen (secondary N) is 1. The van der Waals surface area contributed by atoms with Crippen molar-refractivity contribution in [3.63, 3.8) is 0 Å². The molecule has 0 saturated carbocycles. The van der Waals surface area contributed by atoms with Crippen LogP contribution in [0.15, 0.2) is 36.8 Å². The molecular formula is C13H15N3. The smallest absolute Gasteiger partial charge is 0.115 e. The van der Waals surface area contributed by atoms with Crippen molar-refractivity contribution in [2.24, 2.45) is 0 Å². The van der Waals surface area contributed by atoms with Gasteiger partial charge in [-0.2, -0.15) is 0 Å². The van der Waals surface area contributed by atoms with Crippen molar-refractivity contribution >= 4 is 5.69 Å². The largest absolute Gasteiger partial charge is 0.379 e. The molecule has 0 amide bonds. The van der Waals surface area contributed by atoms with E-state index in [4.69, 9.17) is 0 Å². The molecule has 82 valence electrons. The van der Waals surface area contributed by atoms with E-state index in [0.717, 1.165) is 12.2 Å². The fourth-order valence-corrected chi connectivity index (χ4v) is 1.55. The maximum absolute atomic E-state index is 4.17. The van der Waals surface area contributed by atoms with Gasteiger partial charge in [0, 0.05) is 11.9 Å². The van der Waals surface area contributed by atoms with Crippen LogP contribution < -0.4 is 5.32 Å². The van der Waals surface area contributed by atoms with Crippen molar-refractivity contribution in [1.82, 2.24) is 9.97 Å². The van der Waals surface area contributed by atoms with Crippen LogP contribution >= 0.6 is 0 Å². The van der Waals surface area contributed by atoms with Crippen molar-refractivity contribution in [2.75, 3.05) is 5.32 Å². The summed E-state index contributed by atoms with van der Waals surface area (Å²) in [7, 11) is 0. The Morgan fingerprint density at radius 2 is 2.06 bits per heavy atom. The third kappa shape index (κ3) is 2.37. The van der Waals surface area contributed by atoms with Gasteiger partial charge in [0.15, 0.2) is 0 Å². The van der Waals surface area contributed by atoms with Crippen molar-refractivity contribution in [2.45, 2.75) is 20.4 Å². The lowest BCUT2D eigenvalue weighted by Gasteiger charge is -2.10. The van der Waals surface area contributed by atoms with Gasteiger partial charge in [-0.1, -0.05) is 12.1 Å². The molecule has 0 bridgehead atoms. The normalized spacial score (nSPS) is 10.1. The number of rotatable bonds is 3. The Morgan fingerprint density at radius 3 is 2.81 bits per heavy atom. The molecule has 3 nitrogen and oxygen atoms in total. The lowest BCUT2D eigenvalue weighted by atomic mass is 10.1. The van der Waals surface area contributed by atoms with Gasteiger partial charge < -0.3 is 5.32 Å². The minimum atomic E-state index is 0.729. The number of nitrogens with zero attached hydrogens (tertiary/aromatic N) is 2. The molecule has 3 heteroatoms. The zero-order valence-electron chi connectivity index (χ0n) is 9.57. The first-order chi connectivity index (χ1) is 7.77. The number of anilines is 1. The monoisotopic (exact) mass is 213 g/mol. The quantitative estimate of drug-likeness (QED) is 0.851. The van der Waals surface area contributed by atoms with E-state index >= 15 is 0 Å². The Morgan fingerprint density at radius 1 is 1.19 bits per heavy atom. The average Bonchev–Trinajstić information content (AvgIpc) is 2.32. The molecule has 0 unspecified atom stereocenters. The Hall–Kier alpha value is -1.90. The molecule has 1 N–H and O–H groups in total. The number of aryl methyl sites for hydroxylation is 1. The maximum Gasteiger partial charge on any atom is 0.115 e. The number of hydrogen-bond donors (Lipinski definition) is 1. The maximum atomic E-state index is 4.17. The van der Waals surface area contributed by atoms with Gasteiger partial charge in [0.25, 0.3) is 0 Å². The highest BCUT2D eigenvalue weighted by Crippen LogP contribution is 2.18. The molecule has 1 aromatic carbocycles. The predicted octanol–water partition coefficient (Wildman–Crippen LogP) is 2.71.